The van der Waals surface area contributed by atoms with E-state index in [1.54, 1.807) is 0 Å². The molecular weight excluding hydrogens is 995 g/mol. The Morgan fingerprint density at radius 2 is 0.507 bits per heavy atom. The van der Waals surface area contributed by atoms with Gasteiger partial charge in [0.25, 0.3) is 0 Å². The number of carbonyl (C=O) groups is 1. The Morgan fingerprint density at radius 3 is 0.657 bits per heavy atom. The van der Waals surface area contributed by atoms with Gasteiger partial charge < -0.3 is 0 Å². The molecular formula is C40H21BF24OS. The van der Waals surface area contributed by atoms with E-state index in [2.05, 4.69) is 12.6 Å². The van der Waals surface area contributed by atoms with Crippen LogP contribution in [0.25, 0.3) is 0 Å². The van der Waals surface area contributed by atoms with Crippen molar-refractivity contribution in [3.8, 4) is 0 Å². The largest absolute Gasteiger partial charge is 0.416 e. The van der Waals surface area contributed by atoms with Crippen molar-refractivity contribution < 1.29 is 110 Å². The molecule has 5 aromatic rings. The minimum atomic E-state index is -6.13. The molecule has 0 radical (unpaired) electrons. The van der Waals surface area contributed by atoms with Crippen LogP contribution in [0.5, 0.6) is 0 Å². The fraction of sp³-hybridized carbons (Fsp3) is 0.225. The van der Waals surface area contributed by atoms with Gasteiger partial charge in [0.2, 0.25) is 5.78 Å². The third-order valence-corrected chi connectivity index (χ3v) is 10.0. The molecule has 0 aliphatic carbocycles. The average Bonchev–Trinajstić information content (AvgIpc) is 3.18. The number of alkyl halides is 24. The van der Waals surface area contributed by atoms with Gasteiger partial charge in [-0.05, 0) is 36.9 Å². The second-order valence-electron chi connectivity index (χ2n) is 14.2. The molecule has 0 aliphatic rings. The topological polar surface area (TPSA) is 17.1 Å². The molecule has 5 rings (SSSR count). The third kappa shape index (κ3) is 12.5. The molecule has 0 aromatic heterocycles. The highest BCUT2D eigenvalue weighted by Crippen LogP contribution is 2.41. The third-order valence-electron chi connectivity index (χ3n) is 9.70. The minimum Gasteiger partial charge on any atom is -0.289 e. The van der Waals surface area contributed by atoms with E-state index in [1.807, 2.05) is 30.3 Å². The summed E-state index contributed by atoms with van der Waals surface area (Å²) in [5.41, 5.74) is -29.4. The first kappa shape index (κ1) is 54.1. The fourth-order valence-corrected chi connectivity index (χ4v) is 7.00. The van der Waals surface area contributed by atoms with Crippen molar-refractivity contribution in [2.75, 3.05) is 5.75 Å². The first-order valence-electron chi connectivity index (χ1n) is 17.7. The molecule has 0 aliphatic heterocycles. The van der Waals surface area contributed by atoms with Gasteiger partial charge in [-0.15, -0.1) is 0 Å². The molecule has 1 nitrogen and oxygen atoms in total. The molecule has 0 amide bonds. The van der Waals surface area contributed by atoms with Crippen molar-refractivity contribution in [3.63, 3.8) is 0 Å². The van der Waals surface area contributed by atoms with Crippen LogP contribution in [0.3, 0.4) is 0 Å². The average molecular weight is 1020 g/mol. The molecule has 0 saturated carbocycles. The predicted molar refractivity (Wildman–Crippen MR) is 196 cm³/mol. The minimum absolute atomic E-state index is 0.122. The highest BCUT2D eigenvalue weighted by Gasteiger charge is 2.47. The van der Waals surface area contributed by atoms with Gasteiger partial charge in [-0.1, -0.05) is 78.9 Å². The smallest absolute Gasteiger partial charge is 0.289 e. The van der Waals surface area contributed by atoms with Gasteiger partial charge in [0.05, 0.1) is 44.5 Å². The Kier molecular flexibility index (Phi) is 14.7. The summed E-state index contributed by atoms with van der Waals surface area (Å²) in [6, 6.07) is 0.412. The van der Waals surface area contributed by atoms with Crippen LogP contribution in [0.1, 0.15) is 54.9 Å². The molecule has 0 N–H and O–H groups in total. The molecule has 0 unspecified atom stereocenters. The molecule has 0 heterocycles. The summed E-state index contributed by atoms with van der Waals surface area (Å²) in [7, 11) is 0. The number of benzene rings is 5. The van der Waals surface area contributed by atoms with Crippen LogP contribution >= 0.6 is 0 Å². The quantitative estimate of drug-likeness (QED) is 0.0717. The zero-order chi connectivity index (χ0) is 51.3. The number of rotatable bonds is 6. The summed E-state index contributed by atoms with van der Waals surface area (Å²) in [4.78, 5) is 11.0. The van der Waals surface area contributed by atoms with E-state index in [0.717, 1.165) is 5.56 Å². The number of carbonyl (C=O) groups excluding carboxylic acids is 1. The van der Waals surface area contributed by atoms with Gasteiger partial charge in [0.15, 0.2) is 5.75 Å². The lowest BCUT2D eigenvalue weighted by molar-refractivity contribution is -0.144. The van der Waals surface area contributed by atoms with Crippen LogP contribution in [-0.4, -0.2) is 17.7 Å². The maximum atomic E-state index is 14.2. The molecule has 27 heteroatoms. The lowest BCUT2D eigenvalue weighted by atomic mass is 9.12. The molecule has 0 atom stereocenters. The van der Waals surface area contributed by atoms with Crippen molar-refractivity contribution in [2.45, 2.75) is 49.4 Å². The predicted octanol–water partition coefficient (Wildman–Crippen LogP) is 12.1. The summed E-state index contributed by atoms with van der Waals surface area (Å²) >= 11 is 3.15. The normalized spacial score (nSPS) is 13.6. The second kappa shape index (κ2) is 18.2. The van der Waals surface area contributed by atoms with Crippen molar-refractivity contribution in [1.82, 2.24) is 0 Å². The van der Waals surface area contributed by atoms with Crippen molar-refractivity contribution in [2.24, 2.45) is 0 Å². The highest BCUT2D eigenvalue weighted by atomic mass is 32.1. The SMILES string of the molecule is FC(F)(F)c1cc([B-](c2cc(C(F)(F)F)cc(C(F)(F)F)c2)(c2cc(C(F)(F)F)cc(C(F)(F)F)c2)c2cc(C(F)(F)F)cc(C(F)(F)F)c2)cc(C(F)(F)F)c1.O=C(C[SH2+])c1ccccc1. The number of ketones is 1. The number of halogens is 24. The zero-order valence-electron chi connectivity index (χ0n) is 32.1. The lowest BCUT2D eigenvalue weighted by Gasteiger charge is -2.46. The molecule has 0 fully saturated rings. The van der Waals surface area contributed by atoms with E-state index in [9.17, 15) is 110 Å². The van der Waals surface area contributed by atoms with Gasteiger partial charge in [-0.25, -0.2) is 0 Å². The van der Waals surface area contributed by atoms with Crippen LogP contribution in [-0.2, 0) is 62.0 Å². The van der Waals surface area contributed by atoms with Crippen molar-refractivity contribution >= 4 is 46.4 Å². The fourth-order valence-electron chi connectivity index (χ4n) is 6.80. The van der Waals surface area contributed by atoms with E-state index in [-0.39, 0.29) is 5.78 Å². The Morgan fingerprint density at radius 1 is 0.328 bits per heavy atom. The first-order chi connectivity index (χ1) is 30.1. The van der Waals surface area contributed by atoms with E-state index >= 15 is 0 Å². The van der Waals surface area contributed by atoms with Crippen LogP contribution < -0.4 is 21.9 Å². The summed E-state index contributed by atoms with van der Waals surface area (Å²) < 4.78 is 341. The molecule has 0 saturated heterocycles. The van der Waals surface area contributed by atoms with Gasteiger partial charge in [-0.2, -0.15) is 127 Å². The van der Waals surface area contributed by atoms with E-state index in [4.69, 9.17) is 0 Å². The van der Waals surface area contributed by atoms with E-state index < -0.39 is 195 Å². The maximum Gasteiger partial charge on any atom is 0.416 e. The standard InChI is InChI=1S/C32H12BF24.C8H8OS/c34-25(35,36)13-1-14(26(37,38)39)6-21(5-13)33(22-7-15(27(40,41)42)2-16(8-22)28(43,44)45,23-9-17(29(46,47)48)3-18(10-23)30(49,50)51)24-11-19(31(52,53)54)4-20(12-24)32(55,56)57;9-8(6-10)7-4-2-1-3-5-7/h1-12H;1-5,10H,6H2/q-1;/p+1. The highest BCUT2D eigenvalue weighted by molar-refractivity contribution is 7.59. The molecule has 5 aromatic carbocycles. The monoisotopic (exact) mass is 1020 g/mol. The Labute approximate surface area is 364 Å². The van der Waals surface area contributed by atoms with Crippen LogP contribution in [0.15, 0.2) is 103 Å². The van der Waals surface area contributed by atoms with Crippen molar-refractivity contribution in [3.05, 3.63) is 153 Å². The molecule has 0 bridgehead atoms. The summed E-state index contributed by atoms with van der Waals surface area (Å²) in [6.45, 7) is 0. The second-order valence-corrected chi connectivity index (χ2v) is 14.5. The van der Waals surface area contributed by atoms with Crippen LogP contribution in [0.2, 0.25) is 0 Å². The molecule has 67 heavy (non-hydrogen) atoms. The molecule has 364 valence electrons. The Balaban J connectivity index is 0.000000865. The van der Waals surface area contributed by atoms with E-state index in [1.165, 1.54) is 0 Å². The van der Waals surface area contributed by atoms with Gasteiger partial charge >= 0.3 is 49.4 Å². The Hall–Kier alpha value is -5.50. The van der Waals surface area contributed by atoms with Gasteiger partial charge in [0, 0.05) is 5.56 Å². The summed E-state index contributed by atoms with van der Waals surface area (Å²) in [5, 5.41) is 0. The first-order valence-corrected chi connectivity index (χ1v) is 18.4. The summed E-state index contributed by atoms with van der Waals surface area (Å²) in [5.74, 6) is 0.515. The number of Topliss-reactive ketones (excluding diaryl/α,β-unsaturated/α-hetero) is 1. The number of hydrogen-bond donors (Lipinski definition) is 0. The Bertz CT molecular complexity index is 2140. The van der Waals surface area contributed by atoms with Gasteiger partial charge in [0.1, 0.15) is 6.15 Å². The van der Waals surface area contributed by atoms with Crippen LogP contribution in [0.4, 0.5) is 105 Å². The lowest BCUT2D eigenvalue weighted by Crippen LogP contribution is -2.75. The maximum absolute atomic E-state index is 14.2. The van der Waals surface area contributed by atoms with Crippen LogP contribution in [0, 0.1) is 0 Å². The van der Waals surface area contributed by atoms with Crippen molar-refractivity contribution in [1.29, 1.82) is 0 Å². The van der Waals surface area contributed by atoms with Gasteiger partial charge in [-0.3, -0.25) is 4.79 Å². The molecule has 0 spiro atoms. The number of hydrogen-bond acceptors (Lipinski definition) is 1. The summed E-state index contributed by atoms with van der Waals surface area (Å²) in [6.07, 6.45) is -54.8. The van der Waals surface area contributed by atoms with E-state index in [0.29, 0.717) is 5.75 Å². The zero-order valence-corrected chi connectivity index (χ0v) is 33.1.